The molecule has 0 saturated heterocycles. The minimum atomic E-state index is -3.42. The number of allylic oxidation sites excluding steroid dienone is 2. The number of hydrogen-bond acceptors (Lipinski definition) is 3. The Morgan fingerprint density at radius 1 is 1.18 bits per heavy atom. The Labute approximate surface area is 63.7 Å². The van der Waals surface area contributed by atoms with Crippen molar-refractivity contribution in [2.24, 2.45) is 9.39 Å². The first-order valence-corrected chi connectivity index (χ1v) is 4.39. The number of rotatable bonds is 0. The maximum atomic E-state index is 11.1. The van der Waals surface area contributed by atoms with E-state index >= 15 is 0 Å². The molecule has 0 spiro atoms. The summed E-state index contributed by atoms with van der Waals surface area (Å²) in [4.78, 5) is 4.02. The van der Waals surface area contributed by atoms with Crippen LogP contribution in [0.2, 0.25) is 0 Å². The lowest BCUT2D eigenvalue weighted by Gasteiger charge is -2.03. The molecule has 2 rings (SSSR count). The van der Waals surface area contributed by atoms with Gasteiger partial charge in [-0.1, -0.05) is 0 Å². The van der Waals surface area contributed by atoms with Crippen molar-refractivity contribution in [3.63, 3.8) is 0 Å². The highest BCUT2D eigenvalue weighted by Gasteiger charge is 2.24. The largest absolute Gasteiger partial charge is 0.284 e. The Kier molecular flexibility index (Phi) is 1.11. The summed E-state index contributed by atoms with van der Waals surface area (Å²) in [7, 11) is -3.42. The number of nitrogens with zero attached hydrogens (tertiary/aromatic N) is 2. The Morgan fingerprint density at radius 2 is 2.00 bits per heavy atom. The molecule has 2 aliphatic rings. The number of fused-ring (bicyclic) bond motifs is 1. The van der Waals surface area contributed by atoms with E-state index in [1.54, 1.807) is 6.08 Å². The molecule has 0 N–H and O–H groups in total. The molecule has 0 saturated carbocycles. The quantitative estimate of drug-likeness (QED) is 0.520. The summed E-state index contributed by atoms with van der Waals surface area (Å²) in [6.45, 7) is 0. The van der Waals surface area contributed by atoms with Crippen molar-refractivity contribution in [1.82, 2.24) is 0 Å². The van der Waals surface area contributed by atoms with Gasteiger partial charge in [0.15, 0.2) is 0 Å². The van der Waals surface area contributed by atoms with E-state index in [1.165, 1.54) is 18.5 Å². The van der Waals surface area contributed by atoms with Gasteiger partial charge < -0.3 is 0 Å². The second-order valence-corrected chi connectivity index (χ2v) is 3.69. The molecule has 0 aromatic heterocycles. The predicted molar refractivity (Wildman–Crippen MR) is 42.1 cm³/mol. The minimum absolute atomic E-state index is 0.194. The Bertz CT molecular complexity index is 412. The third kappa shape index (κ3) is 0.848. The first kappa shape index (κ1) is 6.48. The standard InChI is InChI=1S/C6H4N2O2S/c9-11(10)6-2-3-7-5(6)1-4-8-11/h1-4H. The Balaban J connectivity index is 2.69. The van der Waals surface area contributed by atoms with Gasteiger partial charge in [-0.3, -0.25) is 4.99 Å². The Morgan fingerprint density at radius 3 is 2.73 bits per heavy atom. The number of hydrogen-bond donors (Lipinski definition) is 0. The maximum absolute atomic E-state index is 11.1. The van der Waals surface area contributed by atoms with Crippen LogP contribution in [0.3, 0.4) is 0 Å². The molecule has 0 radical (unpaired) electrons. The van der Waals surface area contributed by atoms with E-state index in [-0.39, 0.29) is 4.91 Å². The second-order valence-electron chi connectivity index (χ2n) is 2.09. The zero-order valence-corrected chi connectivity index (χ0v) is 6.25. The topological polar surface area (TPSA) is 58.9 Å². The smallest absolute Gasteiger partial charge is 0.255 e. The molecule has 2 aliphatic heterocycles. The third-order valence-electron chi connectivity index (χ3n) is 1.40. The molecule has 0 aromatic carbocycles. The molecule has 0 fully saturated rings. The molecular formula is C6H4N2O2S. The molecule has 0 atom stereocenters. The highest BCUT2D eigenvalue weighted by molar-refractivity contribution is 7.94. The van der Waals surface area contributed by atoms with Crippen LogP contribution in [-0.4, -0.2) is 20.8 Å². The first-order valence-electron chi connectivity index (χ1n) is 2.95. The molecule has 0 bridgehead atoms. The van der Waals surface area contributed by atoms with Crippen molar-refractivity contribution in [2.45, 2.75) is 0 Å². The van der Waals surface area contributed by atoms with E-state index in [1.807, 2.05) is 0 Å². The van der Waals surface area contributed by atoms with Gasteiger partial charge in [-0.25, -0.2) is 0 Å². The fraction of sp³-hybridized carbons (Fsp3) is 0. The monoisotopic (exact) mass is 168 g/mol. The predicted octanol–water partition coefficient (Wildman–Crippen LogP) is 0.253. The van der Waals surface area contributed by atoms with E-state index in [4.69, 9.17) is 0 Å². The van der Waals surface area contributed by atoms with Gasteiger partial charge in [0.1, 0.15) is 4.91 Å². The summed E-state index contributed by atoms with van der Waals surface area (Å²) in [5.74, 6) is 0. The first-order chi connectivity index (χ1) is 5.20. The summed E-state index contributed by atoms with van der Waals surface area (Å²) in [6.07, 6.45) is 5.70. The maximum Gasteiger partial charge on any atom is 0.284 e. The molecule has 2 heterocycles. The van der Waals surface area contributed by atoms with Crippen LogP contribution in [0.1, 0.15) is 0 Å². The fourth-order valence-electron chi connectivity index (χ4n) is 0.915. The lowest BCUT2D eigenvalue weighted by atomic mass is 10.4. The number of sulfonamides is 1. The van der Waals surface area contributed by atoms with Gasteiger partial charge >= 0.3 is 0 Å². The van der Waals surface area contributed by atoms with Gasteiger partial charge in [0.05, 0.1) is 5.70 Å². The average Bonchev–Trinajstić information content (AvgIpc) is 2.34. The molecule has 5 heteroatoms. The van der Waals surface area contributed by atoms with Crippen molar-refractivity contribution in [1.29, 1.82) is 0 Å². The van der Waals surface area contributed by atoms with Gasteiger partial charge in [-0.15, -0.1) is 0 Å². The van der Waals surface area contributed by atoms with E-state index < -0.39 is 10.0 Å². The molecule has 56 valence electrons. The summed E-state index contributed by atoms with van der Waals surface area (Å²) >= 11 is 0. The van der Waals surface area contributed by atoms with Gasteiger partial charge in [0, 0.05) is 12.4 Å². The molecule has 0 amide bonds. The van der Waals surface area contributed by atoms with Gasteiger partial charge in [0.25, 0.3) is 10.0 Å². The van der Waals surface area contributed by atoms with Crippen LogP contribution in [0.25, 0.3) is 0 Å². The van der Waals surface area contributed by atoms with Crippen molar-refractivity contribution in [2.75, 3.05) is 0 Å². The molecular weight excluding hydrogens is 164 g/mol. The third-order valence-corrected chi connectivity index (χ3v) is 2.70. The van der Waals surface area contributed by atoms with Gasteiger partial charge in [-0.05, 0) is 12.2 Å². The van der Waals surface area contributed by atoms with Gasteiger partial charge in [0.2, 0.25) is 0 Å². The number of aliphatic imine (C=N–C) groups is 1. The highest BCUT2D eigenvalue weighted by Crippen LogP contribution is 2.25. The summed E-state index contributed by atoms with van der Waals surface area (Å²) in [5, 5.41) is 0. The molecule has 11 heavy (non-hydrogen) atoms. The van der Waals surface area contributed by atoms with Crippen LogP contribution >= 0.6 is 0 Å². The van der Waals surface area contributed by atoms with Crippen molar-refractivity contribution >= 4 is 22.5 Å². The van der Waals surface area contributed by atoms with Crippen molar-refractivity contribution < 1.29 is 8.42 Å². The van der Waals surface area contributed by atoms with Crippen LogP contribution in [0, 0.1) is 0 Å². The minimum Gasteiger partial charge on any atom is -0.255 e. The zero-order valence-electron chi connectivity index (χ0n) is 5.43. The van der Waals surface area contributed by atoms with E-state index in [0.29, 0.717) is 5.70 Å². The summed E-state index contributed by atoms with van der Waals surface area (Å²) < 4.78 is 25.5. The molecule has 0 unspecified atom stereocenters. The van der Waals surface area contributed by atoms with E-state index in [0.717, 1.165) is 0 Å². The Hall–Kier alpha value is -1.23. The van der Waals surface area contributed by atoms with Crippen molar-refractivity contribution in [3.05, 3.63) is 22.8 Å². The normalized spacial score (nSPS) is 24.4. The van der Waals surface area contributed by atoms with Crippen LogP contribution in [0.5, 0.6) is 0 Å². The van der Waals surface area contributed by atoms with Crippen LogP contribution in [-0.2, 0) is 10.0 Å². The molecule has 0 aromatic rings. The van der Waals surface area contributed by atoms with Crippen molar-refractivity contribution in [3.8, 4) is 0 Å². The van der Waals surface area contributed by atoms with E-state index in [2.05, 4.69) is 9.39 Å². The molecule has 4 nitrogen and oxygen atoms in total. The SMILES string of the molecule is O=S1(=O)N=CC=C2N=CC=C21. The lowest BCUT2D eigenvalue weighted by Crippen LogP contribution is -2.04. The highest BCUT2D eigenvalue weighted by atomic mass is 32.2. The summed E-state index contributed by atoms with van der Waals surface area (Å²) in [5.41, 5.74) is 0.472. The van der Waals surface area contributed by atoms with E-state index in [9.17, 15) is 8.42 Å². The van der Waals surface area contributed by atoms with Crippen LogP contribution in [0.15, 0.2) is 32.1 Å². The van der Waals surface area contributed by atoms with Crippen LogP contribution in [0.4, 0.5) is 0 Å². The molecule has 0 aliphatic carbocycles. The zero-order chi connectivity index (χ0) is 7.90. The lowest BCUT2D eigenvalue weighted by molar-refractivity contribution is 0.604. The van der Waals surface area contributed by atoms with Gasteiger partial charge in [-0.2, -0.15) is 12.8 Å². The summed E-state index contributed by atoms with van der Waals surface area (Å²) in [6, 6.07) is 0. The average molecular weight is 168 g/mol. The van der Waals surface area contributed by atoms with Crippen LogP contribution < -0.4 is 0 Å². The second kappa shape index (κ2) is 1.88. The fourth-order valence-corrected chi connectivity index (χ4v) is 1.87.